The van der Waals surface area contributed by atoms with Crippen molar-refractivity contribution in [3.63, 3.8) is 0 Å². The standard InChI is InChI=1S/C27H20N6O2/c28-14-17-3-5-18(6-4-17)16-33-23-13-22(31-10-7-30-8-11-31)19(15-29)12-20(23)26(34)24-25(33)21-2-1-9-32(21)27(24)35/h1-6,9,12-13,30H,7-8,10-11,16H2. The van der Waals surface area contributed by atoms with Crippen LogP contribution in [0.25, 0.3) is 22.3 Å². The molecular formula is C27H20N6O2. The smallest absolute Gasteiger partial charge is 0.268 e. The number of hydrogen-bond donors (Lipinski definition) is 1. The molecule has 4 heterocycles. The molecule has 170 valence electrons. The topological polar surface area (TPSA) is 107 Å². The molecule has 4 aromatic rings. The van der Waals surface area contributed by atoms with Gasteiger partial charge in [0.2, 0.25) is 5.43 Å². The van der Waals surface area contributed by atoms with Gasteiger partial charge in [-0.15, -0.1) is 0 Å². The lowest BCUT2D eigenvalue weighted by Gasteiger charge is -2.30. The van der Waals surface area contributed by atoms with Crippen molar-refractivity contribution >= 4 is 22.5 Å². The fourth-order valence-electron chi connectivity index (χ4n) is 5.10. The highest BCUT2D eigenvalue weighted by molar-refractivity contribution is 6.10. The SMILES string of the molecule is N#Cc1ccc(Cn2c3c(c(=O)c4cc(C#N)c(N5CCNCC5)cc42)C(=O)n2cccc2-3)cc1. The van der Waals surface area contributed by atoms with Crippen molar-refractivity contribution < 1.29 is 4.79 Å². The summed E-state index contributed by atoms with van der Waals surface area (Å²) >= 11 is 0. The highest BCUT2D eigenvalue weighted by atomic mass is 16.2. The van der Waals surface area contributed by atoms with Crippen LogP contribution in [0.4, 0.5) is 5.69 Å². The number of pyridine rings is 1. The van der Waals surface area contributed by atoms with E-state index in [4.69, 9.17) is 5.26 Å². The number of piperazine rings is 1. The van der Waals surface area contributed by atoms with Gasteiger partial charge in [0, 0.05) is 44.3 Å². The third-order valence-electron chi connectivity index (χ3n) is 6.81. The minimum Gasteiger partial charge on any atom is -0.368 e. The van der Waals surface area contributed by atoms with Crippen molar-refractivity contribution in [3.05, 3.63) is 87.2 Å². The minimum absolute atomic E-state index is 0.126. The first-order chi connectivity index (χ1) is 17.1. The average Bonchev–Trinajstić information content (AvgIpc) is 3.49. The Hall–Kier alpha value is -4.66. The van der Waals surface area contributed by atoms with Gasteiger partial charge in [0.25, 0.3) is 5.91 Å². The fourth-order valence-corrected chi connectivity index (χ4v) is 5.10. The number of nitrogens with one attached hydrogen (secondary N) is 1. The highest BCUT2D eigenvalue weighted by Gasteiger charge is 2.33. The lowest BCUT2D eigenvalue weighted by atomic mass is 10.0. The largest absolute Gasteiger partial charge is 0.368 e. The summed E-state index contributed by atoms with van der Waals surface area (Å²) in [6.45, 7) is 3.54. The van der Waals surface area contributed by atoms with Gasteiger partial charge >= 0.3 is 0 Å². The minimum atomic E-state index is -0.358. The van der Waals surface area contributed by atoms with Gasteiger partial charge in [0.1, 0.15) is 11.6 Å². The van der Waals surface area contributed by atoms with Gasteiger partial charge in [-0.1, -0.05) is 12.1 Å². The van der Waals surface area contributed by atoms with Crippen LogP contribution in [0.15, 0.2) is 59.5 Å². The molecule has 0 atom stereocenters. The number of rotatable bonds is 3. The summed E-state index contributed by atoms with van der Waals surface area (Å²) in [5, 5.41) is 22.8. The number of hydrogen-bond acceptors (Lipinski definition) is 6. The molecule has 1 fully saturated rings. The summed E-state index contributed by atoms with van der Waals surface area (Å²) in [5.41, 5.74) is 4.40. The zero-order valence-electron chi connectivity index (χ0n) is 18.8. The van der Waals surface area contributed by atoms with Crippen LogP contribution < -0.4 is 15.6 Å². The van der Waals surface area contributed by atoms with Crippen molar-refractivity contribution in [3.8, 4) is 23.5 Å². The first-order valence-electron chi connectivity index (χ1n) is 11.4. The Kier molecular flexibility index (Phi) is 4.77. The van der Waals surface area contributed by atoms with Crippen LogP contribution in [-0.4, -0.2) is 41.2 Å². The van der Waals surface area contributed by atoms with Crippen LogP contribution in [0.2, 0.25) is 0 Å². The molecule has 8 nitrogen and oxygen atoms in total. The van der Waals surface area contributed by atoms with Gasteiger partial charge < -0.3 is 14.8 Å². The van der Waals surface area contributed by atoms with Crippen LogP contribution in [0.5, 0.6) is 0 Å². The molecule has 2 aliphatic rings. The molecule has 1 saturated heterocycles. The number of aromatic nitrogens is 2. The molecule has 0 aliphatic carbocycles. The third kappa shape index (κ3) is 3.16. The second kappa shape index (κ2) is 7.98. The maximum atomic E-state index is 13.6. The molecule has 35 heavy (non-hydrogen) atoms. The second-order valence-corrected chi connectivity index (χ2v) is 8.75. The first kappa shape index (κ1) is 20.9. The van der Waals surface area contributed by atoms with Crippen molar-refractivity contribution in [1.29, 1.82) is 10.5 Å². The van der Waals surface area contributed by atoms with Crippen molar-refractivity contribution in [1.82, 2.24) is 14.5 Å². The van der Waals surface area contributed by atoms with Crippen LogP contribution in [0.3, 0.4) is 0 Å². The Bertz CT molecular complexity index is 1660. The molecule has 8 heteroatoms. The quantitative estimate of drug-likeness (QED) is 0.444. The lowest BCUT2D eigenvalue weighted by molar-refractivity contribution is 0.0968. The van der Waals surface area contributed by atoms with Crippen LogP contribution in [-0.2, 0) is 6.54 Å². The molecule has 0 amide bonds. The molecule has 0 spiro atoms. The lowest BCUT2D eigenvalue weighted by Crippen LogP contribution is -2.43. The van der Waals surface area contributed by atoms with E-state index in [1.54, 1.807) is 30.5 Å². The number of anilines is 1. The number of nitrogens with zero attached hydrogens (tertiary/aromatic N) is 5. The molecule has 2 aromatic heterocycles. The summed E-state index contributed by atoms with van der Waals surface area (Å²) in [7, 11) is 0. The number of benzene rings is 2. The second-order valence-electron chi connectivity index (χ2n) is 8.75. The molecule has 0 bridgehead atoms. The molecule has 0 radical (unpaired) electrons. The molecule has 2 aromatic carbocycles. The Morgan fingerprint density at radius 1 is 0.971 bits per heavy atom. The fraction of sp³-hybridized carbons (Fsp3) is 0.185. The summed E-state index contributed by atoms with van der Waals surface area (Å²) in [5.74, 6) is -0.356. The normalized spacial score (nSPS) is 14.5. The van der Waals surface area contributed by atoms with Crippen LogP contribution in [0, 0.1) is 22.7 Å². The van der Waals surface area contributed by atoms with Gasteiger partial charge in [-0.05, 0) is 42.0 Å². The number of carbonyl (C=O) groups excluding carboxylic acids is 1. The maximum absolute atomic E-state index is 13.6. The monoisotopic (exact) mass is 460 g/mol. The molecule has 2 aliphatic heterocycles. The summed E-state index contributed by atoms with van der Waals surface area (Å²) in [4.78, 5) is 29.0. The van der Waals surface area contributed by atoms with E-state index < -0.39 is 0 Å². The van der Waals surface area contributed by atoms with E-state index in [1.165, 1.54) is 4.57 Å². The summed E-state index contributed by atoms with van der Waals surface area (Å²) in [6, 6.07) is 18.8. The number of carbonyl (C=O) groups is 1. The Balaban J connectivity index is 1.66. The molecule has 0 unspecified atom stereocenters. The van der Waals surface area contributed by atoms with Crippen LogP contribution in [0.1, 0.15) is 27.0 Å². The molecule has 6 rings (SSSR count). The first-order valence-corrected chi connectivity index (χ1v) is 11.4. The van der Waals surface area contributed by atoms with Crippen molar-refractivity contribution in [2.75, 3.05) is 31.1 Å². The van der Waals surface area contributed by atoms with E-state index >= 15 is 0 Å². The van der Waals surface area contributed by atoms with Crippen molar-refractivity contribution in [2.24, 2.45) is 0 Å². The van der Waals surface area contributed by atoms with E-state index in [0.717, 1.165) is 37.4 Å². The van der Waals surface area contributed by atoms with Gasteiger partial charge in [-0.25, -0.2) is 0 Å². The van der Waals surface area contributed by atoms with Gasteiger partial charge in [0.15, 0.2) is 0 Å². The molecule has 0 saturated carbocycles. The predicted molar refractivity (Wildman–Crippen MR) is 131 cm³/mol. The van der Waals surface area contributed by atoms with Crippen LogP contribution >= 0.6 is 0 Å². The van der Waals surface area contributed by atoms with Gasteiger partial charge in [-0.2, -0.15) is 10.5 Å². The maximum Gasteiger partial charge on any atom is 0.268 e. The Morgan fingerprint density at radius 2 is 1.74 bits per heavy atom. The highest BCUT2D eigenvalue weighted by Crippen LogP contribution is 2.35. The Morgan fingerprint density at radius 3 is 2.46 bits per heavy atom. The van der Waals surface area contributed by atoms with Gasteiger partial charge in [-0.3, -0.25) is 14.2 Å². The van der Waals surface area contributed by atoms with E-state index in [1.807, 2.05) is 28.8 Å². The average molecular weight is 460 g/mol. The third-order valence-corrected chi connectivity index (χ3v) is 6.81. The summed E-state index contributed by atoms with van der Waals surface area (Å²) < 4.78 is 3.50. The van der Waals surface area contributed by atoms with E-state index in [9.17, 15) is 14.9 Å². The van der Waals surface area contributed by atoms with Crippen molar-refractivity contribution in [2.45, 2.75) is 6.54 Å². The summed E-state index contributed by atoms with van der Waals surface area (Å²) in [6.07, 6.45) is 1.67. The van der Waals surface area contributed by atoms with E-state index in [2.05, 4.69) is 22.4 Å². The zero-order valence-corrected chi connectivity index (χ0v) is 18.8. The van der Waals surface area contributed by atoms with E-state index in [-0.39, 0.29) is 16.9 Å². The predicted octanol–water partition coefficient (Wildman–Crippen LogP) is 2.67. The van der Waals surface area contributed by atoms with Gasteiger partial charge in [0.05, 0.1) is 39.8 Å². The number of nitriles is 2. The van der Waals surface area contributed by atoms with E-state index in [0.29, 0.717) is 40.0 Å². The Labute approximate surface area is 200 Å². The zero-order chi connectivity index (χ0) is 24.1. The number of fused-ring (bicyclic) bond motifs is 4. The molecular weight excluding hydrogens is 440 g/mol. The molecule has 1 N–H and O–H groups in total.